The van der Waals surface area contributed by atoms with Crippen LogP contribution in [0.1, 0.15) is 47.6 Å². The van der Waals surface area contributed by atoms with Crippen molar-refractivity contribution in [3.05, 3.63) is 53.3 Å². The number of rotatable bonds is 6. The lowest BCUT2D eigenvalue weighted by Crippen LogP contribution is -2.31. The van der Waals surface area contributed by atoms with E-state index >= 15 is 0 Å². The number of carbonyl (C=O) groups excluding carboxylic acids is 1. The highest BCUT2D eigenvalue weighted by atomic mass is 16.5. The average Bonchev–Trinajstić information content (AvgIpc) is 3.39. The van der Waals surface area contributed by atoms with Gasteiger partial charge in [-0.05, 0) is 62.1 Å². The Hall–Kier alpha value is -3.61. The van der Waals surface area contributed by atoms with Crippen LogP contribution >= 0.6 is 0 Å². The standard InChI is InChI=1S/C25H27N3O4/c1-4-32-15-8-9-18-17(12-15)16-6-5-7-19(24(16)27-18)28-25(29)21-10-14-11-22(30-2)23(31-3)13-20(14)26-21/h8-13,19,26-27H,4-7H2,1-3H3,(H,28,29). The van der Waals surface area contributed by atoms with Crippen molar-refractivity contribution < 1.29 is 19.0 Å². The number of methoxy groups -OCH3 is 2. The summed E-state index contributed by atoms with van der Waals surface area (Å²) < 4.78 is 16.4. The number of H-pyrrole nitrogens is 2. The first kappa shape index (κ1) is 20.3. The second kappa shape index (κ2) is 8.15. The lowest BCUT2D eigenvalue weighted by atomic mass is 9.91. The molecule has 0 aliphatic heterocycles. The summed E-state index contributed by atoms with van der Waals surface area (Å²) in [6.45, 7) is 2.62. The molecule has 2 heterocycles. The molecule has 1 aliphatic rings. The van der Waals surface area contributed by atoms with Gasteiger partial charge < -0.3 is 29.5 Å². The third kappa shape index (κ3) is 3.43. The minimum absolute atomic E-state index is 0.0651. The first-order chi connectivity index (χ1) is 15.6. The summed E-state index contributed by atoms with van der Waals surface area (Å²) in [5, 5.41) is 5.29. The Kier molecular flexibility index (Phi) is 5.17. The minimum atomic E-state index is -0.134. The molecule has 32 heavy (non-hydrogen) atoms. The van der Waals surface area contributed by atoms with E-state index in [1.54, 1.807) is 14.2 Å². The van der Waals surface area contributed by atoms with Gasteiger partial charge in [0.25, 0.3) is 5.91 Å². The molecule has 0 bridgehead atoms. The number of hydrogen-bond acceptors (Lipinski definition) is 4. The first-order valence-electron chi connectivity index (χ1n) is 10.9. The molecular formula is C25H27N3O4. The van der Waals surface area contributed by atoms with Crippen LogP contribution in [0.25, 0.3) is 21.8 Å². The molecule has 7 nitrogen and oxygen atoms in total. The van der Waals surface area contributed by atoms with Gasteiger partial charge in [0.15, 0.2) is 11.5 Å². The van der Waals surface area contributed by atoms with E-state index in [0.717, 1.165) is 47.1 Å². The fraction of sp³-hybridized carbons (Fsp3) is 0.320. The molecule has 0 spiro atoms. The van der Waals surface area contributed by atoms with Crippen LogP contribution in [0.15, 0.2) is 36.4 Å². The Labute approximate surface area is 186 Å². The van der Waals surface area contributed by atoms with Gasteiger partial charge in [-0.3, -0.25) is 4.79 Å². The van der Waals surface area contributed by atoms with Crippen molar-refractivity contribution in [3.63, 3.8) is 0 Å². The van der Waals surface area contributed by atoms with Crippen LogP contribution in [0, 0.1) is 0 Å². The Bertz CT molecular complexity index is 1260. The molecular weight excluding hydrogens is 406 g/mol. The largest absolute Gasteiger partial charge is 0.494 e. The van der Waals surface area contributed by atoms with Crippen LogP contribution < -0.4 is 19.5 Å². The van der Waals surface area contributed by atoms with E-state index in [-0.39, 0.29) is 11.9 Å². The van der Waals surface area contributed by atoms with Crippen molar-refractivity contribution >= 4 is 27.7 Å². The van der Waals surface area contributed by atoms with Crippen molar-refractivity contribution in [2.24, 2.45) is 0 Å². The zero-order valence-corrected chi connectivity index (χ0v) is 18.5. The number of ether oxygens (including phenoxy) is 3. The second-order valence-corrected chi connectivity index (χ2v) is 8.05. The fourth-order valence-corrected chi connectivity index (χ4v) is 4.66. The molecule has 7 heteroatoms. The second-order valence-electron chi connectivity index (χ2n) is 8.05. The fourth-order valence-electron chi connectivity index (χ4n) is 4.66. The Morgan fingerprint density at radius 2 is 1.88 bits per heavy atom. The summed E-state index contributed by atoms with van der Waals surface area (Å²) in [5.41, 5.74) is 4.77. The van der Waals surface area contributed by atoms with E-state index in [0.29, 0.717) is 23.8 Å². The topological polar surface area (TPSA) is 88.4 Å². The third-order valence-corrected chi connectivity index (χ3v) is 6.16. The summed E-state index contributed by atoms with van der Waals surface area (Å²) >= 11 is 0. The molecule has 0 radical (unpaired) electrons. The van der Waals surface area contributed by atoms with E-state index in [2.05, 4.69) is 27.4 Å². The van der Waals surface area contributed by atoms with E-state index in [1.165, 1.54) is 10.9 Å². The maximum absolute atomic E-state index is 13.1. The van der Waals surface area contributed by atoms with Gasteiger partial charge in [0.2, 0.25) is 0 Å². The molecule has 0 fully saturated rings. The lowest BCUT2D eigenvalue weighted by molar-refractivity contribution is 0.0927. The Morgan fingerprint density at radius 3 is 2.66 bits per heavy atom. The van der Waals surface area contributed by atoms with E-state index in [4.69, 9.17) is 14.2 Å². The molecule has 1 atom stereocenters. The number of amides is 1. The van der Waals surface area contributed by atoms with Crippen LogP contribution in [0.4, 0.5) is 0 Å². The molecule has 1 amide bonds. The highest BCUT2D eigenvalue weighted by molar-refractivity contribution is 5.99. The van der Waals surface area contributed by atoms with Gasteiger partial charge in [-0.2, -0.15) is 0 Å². The number of hydrogen-bond donors (Lipinski definition) is 3. The average molecular weight is 434 g/mol. The lowest BCUT2D eigenvalue weighted by Gasteiger charge is -2.23. The van der Waals surface area contributed by atoms with Gasteiger partial charge in [0, 0.05) is 33.6 Å². The summed E-state index contributed by atoms with van der Waals surface area (Å²) in [6.07, 6.45) is 2.90. The van der Waals surface area contributed by atoms with E-state index < -0.39 is 0 Å². The number of benzene rings is 2. The number of nitrogens with one attached hydrogen (secondary N) is 3. The third-order valence-electron chi connectivity index (χ3n) is 6.16. The van der Waals surface area contributed by atoms with Gasteiger partial charge in [-0.25, -0.2) is 0 Å². The number of aryl methyl sites for hydroxylation is 1. The molecule has 3 N–H and O–H groups in total. The zero-order valence-electron chi connectivity index (χ0n) is 18.5. The van der Waals surface area contributed by atoms with E-state index in [9.17, 15) is 4.79 Å². The van der Waals surface area contributed by atoms with Crippen molar-refractivity contribution in [2.45, 2.75) is 32.2 Å². The highest BCUT2D eigenvalue weighted by Gasteiger charge is 2.26. The molecule has 1 aliphatic carbocycles. The van der Waals surface area contributed by atoms with Crippen LogP contribution in [-0.4, -0.2) is 36.7 Å². The Balaban J connectivity index is 1.43. The molecule has 0 saturated heterocycles. The summed E-state index contributed by atoms with van der Waals surface area (Å²) in [7, 11) is 3.20. The van der Waals surface area contributed by atoms with Crippen molar-refractivity contribution in [1.29, 1.82) is 0 Å². The number of aromatic nitrogens is 2. The summed E-state index contributed by atoms with van der Waals surface area (Å²) in [6, 6.07) is 11.6. The van der Waals surface area contributed by atoms with Gasteiger partial charge in [-0.1, -0.05) is 0 Å². The number of aromatic amines is 2. The number of carbonyl (C=O) groups is 1. The monoisotopic (exact) mass is 433 g/mol. The first-order valence-corrected chi connectivity index (χ1v) is 10.9. The molecule has 166 valence electrons. The van der Waals surface area contributed by atoms with Crippen molar-refractivity contribution in [3.8, 4) is 17.2 Å². The predicted molar refractivity (Wildman–Crippen MR) is 124 cm³/mol. The summed E-state index contributed by atoms with van der Waals surface area (Å²) in [4.78, 5) is 19.9. The smallest absolute Gasteiger partial charge is 0.268 e. The maximum atomic E-state index is 13.1. The molecule has 0 saturated carbocycles. The van der Waals surface area contributed by atoms with Gasteiger partial charge in [-0.15, -0.1) is 0 Å². The molecule has 2 aromatic heterocycles. The van der Waals surface area contributed by atoms with Crippen LogP contribution in [0.3, 0.4) is 0 Å². The van der Waals surface area contributed by atoms with Crippen molar-refractivity contribution in [1.82, 2.24) is 15.3 Å². The van der Waals surface area contributed by atoms with Crippen LogP contribution in [-0.2, 0) is 6.42 Å². The van der Waals surface area contributed by atoms with Gasteiger partial charge in [0.05, 0.1) is 26.9 Å². The summed E-state index contributed by atoms with van der Waals surface area (Å²) in [5.74, 6) is 1.99. The van der Waals surface area contributed by atoms with Crippen molar-refractivity contribution in [2.75, 3.05) is 20.8 Å². The highest BCUT2D eigenvalue weighted by Crippen LogP contribution is 2.37. The molecule has 4 aromatic rings. The quantitative estimate of drug-likeness (QED) is 0.405. The normalized spacial score (nSPS) is 15.5. The Morgan fingerprint density at radius 1 is 1.06 bits per heavy atom. The minimum Gasteiger partial charge on any atom is -0.494 e. The zero-order chi connectivity index (χ0) is 22.2. The molecule has 1 unspecified atom stereocenters. The molecule has 2 aromatic carbocycles. The molecule has 5 rings (SSSR count). The SMILES string of the molecule is CCOc1ccc2[nH]c3c(c2c1)CCCC3NC(=O)c1cc2cc(OC)c(OC)cc2[nH]1. The van der Waals surface area contributed by atoms with Crippen LogP contribution in [0.2, 0.25) is 0 Å². The number of fused-ring (bicyclic) bond motifs is 4. The van der Waals surface area contributed by atoms with E-state index in [1.807, 2.05) is 31.2 Å². The van der Waals surface area contributed by atoms with Gasteiger partial charge in [0.1, 0.15) is 11.4 Å². The van der Waals surface area contributed by atoms with Gasteiger partial charge >= 0.3 is 0 Å². The maximum Gasteiger partial charge on any atom is 0.268 e. The predicted octanol–water partition coefficient (Wildman–Crippen LogP) is 4.87. The van der Waals surface area contributed by atoms with Crippen LogP contribution in [0.5, 0.6) is 17.2 Å².